The number of hydrogen-bond acceptors (Lipinski definition) is 4. The van der Waals surface area contributed by atoms with Crippen LogP contribution in [0.25, 0.3) is 0 Å². The summed E-state index contributed by atoms with van der Waals surface area (Å²) in [5.74, 6) is -11.8. The van der Waals surface area contributed by atoms with Crippen LogP contribution < -0.4 is 5.43 Å². The summed E-state index contributed by atoms with van der Waals surface area (Å²) in [6, 6.07) is 4.91. The fourth-order valence-electron chi connectivity index (χ4n) is 2.47. The number of carbonyl (C=O) groups is 1. The summed E-state index contributed by atoms with van der Waals surface area (Å²) in [5, 5.41) is 3.19. The molecule has 0 unspecified atom stereocenters. The standard InChI is InChI=1S/C18H16F5N3O3S/c1-3-26(4-2)30(28,29)11-7-5-6-10(8-11)18(27)25-24-9-12-13(19)15(21)17(23)16(22)14(12)20/h5-9H,3-4H2,1-2H3,(H,25,27)/b24-9-. The van der Waals surface area contributed by atoms with Crippen molar-refractivity contribution in [2.45, 2.75) is 18.7 Å². The van der Waals surface area contributed by atoms with Gasteiger partial charge in [0.1, 0.15) is 0 Å². The van der Waals surface area contributed by atoms with E-state index < -0.39 is 50.6 Å². The molecule has 0 saturated heterocycles. The fraction of sp³-hybridized carbons (Fsp3) is 0.222. The van der Waals surface area contributed by atoms with Gasteiger partial charge in [-0.05, 0) is 18.2 Å². The average molecular weight is 449 g/mol. The van der Waals surface area contributed by atoms with Gasteiger partial charge < -0.3 is 0 Å². The summed E-state index contributed by atoms with van der Waals surface area (Å²) in [4.78, 5) is 12.0. The van der Waals surface area contributed by atoms with Crippen molar-refractivity contribution in [1.29, 1.82) is 0 Å². The molecule has 1 amide bonds. The van der Waals surface area contributed by atoms with Gasteiger partial charge in [0.05, 0.1) is 16.7 Å². The Bertz CT molecular complexity index is 1070. The highest BCUT2D eigenvalue weighted by Gasteiger charge is 2.25. The van der Waals surface area contributed by atoms with E-state index in [9.17, 15) is 35.2 Å². The van der Waals surface area contributed by atoms with E-state index in [2.05, 4.69) is 5.10 Å². The molecule has 1 N–H and O–H groups in total. The van der Waals surface area contributed by atoms with Crippen LogP contribution in [0.3, 0.4) is 0 Å². The summed E-state index contributed by atoms with van der Waals surface area (Å²) < 4.78 is 92.7. The molecule has 0 aliphatic rings. The molecule has 0 aromatic heterocycles. The largest absolute Gasteiger partial charge is 0.271 e. The lowest BCUT2D eigenvalue weighted by atomic mass is 10.2. The molecule has 162 valence electrons. The summed E-state index contributed by atoms with van der Waals surface area (Å²) in [5.41, 5.74) is 0.344. The molecule has 2 aromatic rings. The van der Waals surface area contributed by atoms with Crippen LogP contribution >= 0.6 is 0 Å². The molecule has 6 nitrogen and oxygen atoms in total. The van der Waals surface area contributed by atoms with Crippen molar-refractivity contribution in [2.24, 2.45) is 5.10 Å². The zero-order valence-electron chi connectivity index (χ0n) is 15.7. The van der Waals surface area contributed by atoms with Gasteiger partial charge in [-0.25, -0.2) is 35.8 Å². The van der Waals surface area contributed by atoms with Crippen LogP contribution in [-0.2, 0) is 10.0 Å². The van der Waals surface area contributed by atoms with E-state index in [0.717, 1.165) is 6.07 Å². The fourth-order valence-corrected chi connectivity index (χ4v) is 3.97. The van der Waals surface area contributed by atoms with Crippen molar-refractivity contribution in [1.82, 2.24) is 9.73 Å². The maximum absolute atomic E-state index is 13.6. The number of amides is 1. The topological polar surface area (TPSA) is 78.8 Å². The Morgan fingerprint density at radius 2 is 1.53 bits per heavy atom. The third kappa shape index (κ3) is 4.49. The van der Waals surface area contributed by atoms with Gasteiger partial charge in [0.15, 0.2) is 23.3 Å². The quantitative estimate of drug-likeness (QED) is 0.232. The molecule has 0 heterocycles. The normalized spacial score (nSPS) is 12.0. The average Bonchev–Trinajstić information content (AvgIpc) is 2.74. The zero-order chi connectivity index (χ0) is 22.6. The molecule has 0 radical (unpaired) electrons. The van der Waals surface area contributed by atoms with Crippen LogP contribution in [0.4, 0.5) is 22.0 Å². The molecule has 0 aliphatic heterocycles. The first-order valence-electron chi connectivity index (χ1n) is 8.51. The SMILES string of the molecule is CCN(CC)S(=O)(=O)c1cccc(C(=O)N/N=C\c2c(F)c(F)c(F)c(F)c2F)c1. The Morgan fingerprint density at radius 3 is 2.07 bits per heavy atom. The van der Waals surface area contributed by atoms with Gasteiger partial charge in [0, 0.05) is 18.7 Å². The van der Waals surface area contributed by atoms with Crippen LogP contribution in [-0.4, -0.2) is 37.9 Å². The van der Waals surface area contributed by atoms with Crippen LogP contribution in [0.2, 0.25) is 0 Å². The summed E-state index contributed by atoms with van der Waals surface area (Å²) in [7, 11) is -3.85. The molecule has 12 heteroatoms. The molecule has 0 bridgehead atoms. The molecule has 30 heavy (non-hydrogen) atoms. The van der Waals surface area contributed by atoms with Gasteiger partial charge in [0.2, 0.25) is 15.8 Å². The highest BCUT2D eigenvalue weighted by molar-refractivity contribution is 7.89. The van der Waals surface area contributed by atoms with Crippen LogP contribution in [0.15, 0.2) is 34.3 Å². The van der Waals surface area contributed by atoms with Gasteiger partial charge in [-0.2, -0.15) is 9.41 Å². The van der Waals surface area contributed by atoms with Crippen molar-refractivity contribution in [3.05, 3.63) is 64.5 Å². The maximum Gasteiger partial charge on any atom is 0.271 e. The third-order valence-electron chi connectivity index (χ3n) is 4.04. The van der Waals surface area contributed by atoms with Crippen molar-refractivity contribution < 1.29 is 35.2 Å². The van der Waals surface area contributed by atoms with E-state index in [-0.39, 0.29) is 29.8 Å². The summed E-state index contributed by atoms with van der Waals surface area (Å²) in [6.45, 7) is 3.71. The second-order valence-corrected chi connectivity index (χ2v) is 7.74. The van der Waals surface area contributed by atoms with Crippen LogP contribution in [0.5, 0.6) is 0 Å². The Balaban J connectivity index is 2.27. The van der Waals surface area contributed by atoms with Crippen LogP contribution in [0, 0.1) is 29.1 Å². The number of sulfonamides is 1. The molecule has 2 aromatic carbocycles. The van der Waals surface area contributed by atoms with E-state index in [0.29, 0.717) is 0 Å². The minimum atomic E-state index is -3.85. The summed E-state index contributed by atoms with van der Waals surface area (Å²) >= 11 is 0. The number of hydrazone groups is 1. The van der Waals surface area contributed by atoms with Gasteiger partial charge in [-0.1, -0.05) is 19.9 Å². The number of nitrogens with one attached hydrogen (secondary N) is 1. The first-order valence-corrected chi connectivity index (χ1v) is 9.95. The Hall–Kier alpha value is -2.86. The minimum Gasteiger partial charge on any atom is -0.267 e. The van der Waals surface area contributed by atoms with Crippen molar-refractivity contribution in [3.8, 4) is 0 Å². The lowest BCUT2D eigenvalue weighted by molar-refractivity contribution is 0.0955. The number of carbonyl (C=O) groups excluding carboxylic acids is 1. The number of benzene rings is 2. The molecular weight excluding hydrogens is 433 g/mol. The monoisotopic (exact) mass is 449 g/mol. The lowest BCUT2D eigenvalue weighted by Crippen LogP contribution is -2.30. The van der Waals surface area contributed by atoms with Gasteiger partial charge >= 0.3 is 0 Å². The van der Waals surface area contributed by atoms with Crippen molar-refractivity contribution >= 4 is 22.1 Å². The number of hydrogen-bond donors (Lipinski definition) is 1. The predicted octanol–water partition coefficient (Wildman–Crippen LogP) is 3.18. The lowest BCUT2D eigenvalue weighted by Gasteiger charge is -2.18. The maximum atomic E-state index is 13.6. The van der Waals surface area contributed by atoms with E-state index >= 15 is 0 Å². The predicted molar refractivity (Wildman–Crippen MR) is 97.8 cm³/mol. The van der Waals surface area contributed by atoms with Crippen molar-refractivity contribution in [3.63, 3.8) is 0 Å². The molecular formula is C18H16F5N3O3S. The first-order chi connectivity index (χ1) is 14.1. The number of halogens is 5. The highest BCUT2D eigenvalue weighted by Crippen LogP contribution is 2.21. The van der Waals surface area contributed by atoms with E-state index in [1.165, 1.54) is 22.5 Å². The molecule has 0 spiro atoms. The second-order valence-electron chi connectivity index (χ2n) is 5.80. The Morgan fingerprint density at radius 1 is 1.00 bits per heavy atom. The van der Waals surface area contributed by atoms with E-state index in [4.69, 9.17) is 0 Å². The molecule has 0 saturated carbocycles. The second kappa shape index (κ2) is 9.30. The first kappa shape index (κ1) is 23.4. The van der Waals surface area contributed by atoms with Gasteiger partial charge in [0.25, 0.3) is 5.91 Å². The van der Waals surface area contributed by atoms with Gasteiger partial charge in [-0.15, -0.1) is 0 Å². The zero-order valence-corrected chi connectivity index (χ0v) is 16.5. The van der Waals surface area contributed by atoms with Gasteiger partial charge in [-0.3, -0.25) is 4.79 Å². The van der Waals surface area contributed by atoms with Crippen molar-refractivity contribution in [2.75, 3.05) is 13.1 Å². The molecule has 0 aliphatic carbocycles. The van der Waals surface area contributed by atoms with E-state index in [1.54, 1.807) is 13.8 Å². The molecule has 0 fully saturated rings. The highest BCUT2D eigenvalue weighted by atomic mass is 32.2. The Kier molecular flexibility index (Phi) is 7.26. The van der Waals surface area contributed by atoms with E-state index in [1.807, 2.05) is 5.43 Å². The molecule has 2 rings (SSSR count). The smallest absolute Gasteiger partial charge is 0.267 e. The third-order valence-corrected chi connectivity index (χ3v) is 6.09. The Labute approximate surface area is 169 Å². The summed E-state index contributed by atoms with van der Waals surface area (Å²) in [6.07, 6.45) is 0.255. The van der Waals surface area contributed by atoms with Crippen LogP contribution in [0.1, 0.15) is 29.8 Å². The minimum absolute atomic E-state index is 0.155. The number of rotatable bonds is 7. The number of nitrogens with zero attached hydrogens (tertiary/aromatic N) is 2. The molecule has 0 atom stereocenters.